The molecule has 5 nitrogen and oxygen atoms in total. The average molecular weight is 343 g/mol. The third-order valence-electron chi connectivity index (χ3n) is 5.60. The lowest BCUT2D eigenvalue weighted by molar-refractivity contribution is -0.128. The molecule has 1 aromatic carbocycles. The number of carbonyl (C=O) groups excluding carboxylic acids is 2. The molecule has 3 amide bonds. The van der Waals surface area contributed by atoms with Crippen molar-refractivity contribution in [2.75, 3.05) is 19.6 Å². The van der Waals surface area contributed by atoms with Gasteiger partial charge in [-0.25, -0.2) is 4.79 Å². The molecule has 0 radical (unpaired) electrons. The summed E-state index contributed by atoms with van der Waals surface area (Å²) in [5, 5.41) is 3.04. The average Bonchev–Trinajstić information content (AvgIpc) is 3.00. The van der Waals surface area contributed by atoms with Gasteiger partial charge in [-0.3, -0.25) is 4.79 Å². The van der Waals surface area contributed by atoms with E-state index in [0.29, 0.717) is 31.3 Å². The van der Waals surface area contributed by atoms with Crippen molar-refractivity contribution in [3.8, 4) is 0 Å². The van der Waals surface area contributed by atoms with E-state index in [4.69, 9.17) is 0 Å². The molecule has 0 saturated carbocycles. The first-order valence-corrected chi connectivity index (χ1v) is 9.41. The summed E-state index contributed by atoms with van der Waals surface area (Å²) < 4.78 is 0. The number of likely N-dealkylation sites (tertiary alicyclic amines) is 2. The number of hydrogen-bond acceptors (Lipinski definition) is 2. The SMILES string of the molecule is CC1CCN(C(=O)NCc2cccc(CN3CCCC3=O)c2)CC1C. The number of urea groups is 1. The van der Waals surface area contributed by atoms with Crippen LogP contribution in [0.25, 0.3) is 0 Å². The maximum atomic E-state index is 12.4. The van der Waals surface area contributed by atoms with Crippen LogP contribution >= 0.6 is 0 Å². The topological polar surface area (TPSA) is 52.7 Å². The molecule has 0 aromatic heterocycles. The van der Waals surface area contributed by atoms with E-state index in [1.807, 2.05) is 28.0 Å². The van der Waals surface area contributed by atoms with Gasteiger partial charge in [0.15, 0.2) is 0 Å². The lowest BCUT2D eigenvalue weighted by Gasteiger charge is -2.35. The van der Waals surface area contributed by atoms with Crippen molar-refractivity contribution in [1.82, 2.24) is 15.1 Å². The quantitative estimate of drug-likeness (QED) is 0.914. The number of piperidine rings is 1. The maximum absolute atomic E-state index is 12.4. The first kappa shape index (κ1) is 17.8. The van der Waals surface area contributed by atoms with Gasteiger partial charge in [0.05, 0.1) is 0 Å². The van der Waals surface area contributed by atoms with E-state index in [1.165, 1.54) is 0 Å². The predicted octanol–water partition coefficient (Wildman–Crippen LogP) is 3.00. The van der Waals surface area contributed by atoms with Crippen LogP contribution in [0.2, 0.25) is 0 Å². The fourth-order valence-corrected chi connectivity index (χ4v) is 3.67. The summed E-state index contributed by atoms with van der Waals surface area (Å²) in [6.45, 7) is 8.21. The van der Waals surface area contributed by atoms with Crippen molar-refractivity contribution in [1.29, 1.82) is 0 Å². The van der Waals surface area contributed by atoms with Gasteiger partial charge in [0.1, 0.15) is 0 Å². The molecular weight excluding hydrogens is 314 g/mol. The van der Waals surface area contributed by atoms with E-state index in [-0.39, 0.29) is 11.9 Å². The first-order valence-electron chi connectivity index (χ1n) is 9.41. The van der Waals surface area contributed by atoms with Gasteiger partial charge >= 0.3 is 6.03 Å². The number of benzene rings is 1. The summed E-state index contributed by atoms with van der Waals surface area (Å²) >= 11 is 0. The molecule has 5 heteroatoms. The highest BCUT2D eigenvalue weighted by Gasteiger charge is 2.25. The van der Waals surface area contributed by atoms with Crippen LogP contribution in [-0.4, -0.2) is 41.4 Å². The van der Waals surface area contributed by atoms with Gasteiger partial charge in [-0.05, 0) is 35.8 Å². The molecule has 0 bridgehead atoms. The lowest BCUT2D eigenvalue weighted by Crippen LogP contribution is -2.46. The van der Waals surface area contributed by atoms with Crippen molar-refractivity contribution < 1.29 is 9.59 Å². The molecule has 0 spiro atoms. The molecule has 2 fully saturated rings. The minimum atomic E-state index is 0.0267. The van der Waals surface area contributed by atoms with Gasteiger partial charge in [-0.1, -0.05) is 38.1 Å². The van der Waals surface area contributed by atoms with E-state index in [0.717, 1.165) is 43.6 Å². The molecule has 136 valence electrons. The van der Waals surface area contributed by atoms with Gasteiger partial charge in [0.25, 0.3) is 0 Å². The molecule has 1 N–H and O–H groups in total. The Morgan fingerprint density at radius 2 is 2.00 bits per heavy atom. The molecule has 25 heavy (non-hydrogen) atoms. The van der Waals surface area contributed by atoms with Gasteiger partial charge < -0.3 is 15.1 Å². The highest BCUT2D eigenvalue weighted by atomic mass is 16.2. The second-order valence-corrected chi connectivity index (χ2v) is 7.59. The van der Waals surface area contributed by atoms with Crippen molar-refractivity contribution in [2.45, 2.75) is 46.2 Å². The summed E-state index contributed by atoms with van der Waals surface area (Å²) in [7, 11) is 0. The number of nitrogens with zero attached hydrogens (tertiary/aromatic N) is 2. The Morgan fingerprint density at radius 3 is 2.72 bits per heavy atom. The molecule has 0 aliphatic carbocycles. The Kier molecular flexibility index (Phi) is 5.61. The summed E-state index contributed by atoms with van der Waals surface area (Å²) in [6, 6.07) is 8.19. The van der Waals surface area contributed by atoms with Gasteiger partial charge in [-0.2, -0.15) is 0 Å². The Bertz CT molecular complexity index is 631. The number of nitrogens with one attached hydrogen (secondary N) is 1. The number of carbonyl (C=O) groups is 2. The molecule has 2 aliphatic rings. The molecule has 2 heterocycles. The zero-order valence-corrected chi connectivity index (χ0v) is 15.3. The largest absolute Gasteiger partial charge is 0.338 e. The molecule has 2 unspecified atom stereocenters. The zero-order valence-electron chi connectivity index (χ0n) is 15.3. The van der Waals surface area contributed by atoms with Crippen molar-refractivity contribution in [2.24, 2.45) is 11.8 Å². The monoisotopic (exact) mass is 343 g/mol. The minimum absolute atomic E-state index is 0.0267. The maximum Gasteiger partial charge on any atom is 0.317 e. The predicted molar refractivity (Wildman–Crippen MR) is 97.8 cm³/mol. The smallest absolute Gasteiger partial charge is 0.317 e. The van der Waals surface area contributed by atoms with Crippen LogP contribution in [0.15, 0.2) is 24.3 Å². The van der Waals surface area contributed by atoms with Crippen LogP contribution in [0.1, 0.15) is 44.2 Å². The summed E-state index contributed by atoms with van der Waals surface area (Å²) in [5.74, 6) is 1.49. The van der Waals surface area contributed by atoms with Crippen molar-refractivity contribution >= 4 is 11.9 Å². The molecule has 2 saturated heterocycles. The van der Waals surface area contributed by atoms with Crippen LogP contribution in [0.4, 0.5) is 4.79 Å². The number of amides is 3. The standard InChI is InChI=1S/C20H29N3O2/c1-15-8-10-23(13-16(15)2)20(25)21-12-17-5-3-6-18(11-17)14-22-9-4-7-19(22)24/h3,5-6,11,15-16H,4,7-10,12-14H2,1-2H3,(H,21,25). The third kappa shape index (κ3) is 4.53. The summed E-state index contributed by atoms with van der Waals surface area (Å²) in [6.07, 6.45) is 2.71. The molecule has 3 rings (SSSR count). The Balaban J connectivity index is 1.52. The van der Waals surface area contributed by atoms with Crippen LogP contribution < -0.4 is 5.32 Å². The zero-order chi connectivity index (χ0) is 17.8. The van der Waals surface area contributed by atoms with E-state index in [1.54, 1.807) is 0 Å². The summed E-state index contributed by atoms with van der Waals surface area (Å²) in [4.78, 5) is 28.0. The molecule has 2 aliphatic heterocycles. The van der Waals surface area contributed by atoms with Gasteiger partial charge in [-0.15, -0.1) is 0 Å². The van der Waals surface area contributed by atoms with Crippen molar-refractivity contribution in [3.63, 3.8) is 0 Å². The highest BCUT2D eigenvalue weighted by molar-refractivity contribution is 5.78. The van der Waals surface area contributed by atoms with E-state index >= 15 is 0 Å². The lowest BCUT2D eigenvalue weighted by atomic mass is 9.89. The van der Waals surface area contributed by atoms with Crippen LogP contribution in [0.3, 0.4) is 0 Å². The Hall–Kier alpha value is -2.04. The van der Waals surface area contributed by atoms with E-state index in [2.05, 4.69) is 25.2 Å². The molecular formula is C20H29N3O2. The van der Waals surface area contributed by atoms with E-state index in [9.17, 15) is 9.59 Å². The Morgan fingerprint density at radius 1 is 1.20 bits per heavy atom. The van der Waals surface area contributed by atoms with E-state index < -0.39 is 0 Å². The van der Waals surface area contributed by atoms with Crippen LogP contribution in [0.5, 0.6) is 0 Å². The number of hydrogen-bond donors (Lipinski definition) is 1. The second kappa shape index (κ2) is 7.89. The Labute approximate surface area is 150 Å². The third-order valence-corrected chi connectivity index (χ3v) is 5.60. The minimum Gasteiger partial charge on any atom is -0.338 e. The first-order chi connectivity index (χ1) is 12.0. The van der Waals surface area contributed by atoms with Crippen LogP contribution in [0, 0.1) is 11.8 Å². The van der Waals surface area contributed by atoms with Gasteiger partial charge in [0.2, 0.25) is 5.91 Å². The number of rotatable bonds is 4. The highest BCUT2D eigenvalue weighted by Crippen LogP contribution is 2.22. The fraction of sp³-hybridized carbons (Fsp3) is 0.600. The van der Waals surface area contributed by atoms with Crippen LogP contribution in [-0.2, 0) is 17.9 Å². The normalized spacial score (nSPS) is 23.8. The van der Waals surface area contributed by atoms with Gasteiger partial charge in [0, 0.05) is 39.1 Å². The molecule has 1 aromatic rings. The van der Waals surface area contributed by atoms with Crippen molar-refractivity contribution in [3.05, 3.63) is 35.4 Å². The second-order valence-electron chi connectivity index (χ2n) is 7.59. The summed E-state index contributed by atoms with van der Waals surface area (Å²) in [5.41, 5.74) is 2.21. The molecule has 2 atom stereocenters. The fourth-order valence-electron chi connectivity index (χ4n) is 3.67.